The van der Waals surface area contributed by atoms with Crippen LogP contribution >= 0.6 is 27.3 Å². The zero-order valence-electron chi connectivity index (χ0n) is 9.56. The first-order valence-corrected chi connectivity index (χ1v) is 7.79. The number of thiophene rings is 1. The molecule has 90 valence electrons. The molecule has 2 rings (SSSR count). The maximum absolute atomic E-state index is 5.82. The number of morpholine rings is 1. The van der Waals surface area contributed by atoms with E-state index in [1.54, 1.807) is 11.3 Å². The third-order valence-corrected chi connectivity index (χ3v) is 4.33. The molecule has 0 spiro atoms. The lowest BCUT2D eigenvalue weighted by Gasteiger charge is -2.36. The van der Waals surface area contributed by atoms with E-state index in [9.17, 15) is 0 Å². The van der Waals surface area contributed by atoms with E-state index in [-0.39, 0.29) is 0 Å². The van der Waals surface area contributed by atoms with Crippen molar-refractivity contribution in [3.8, 4) is 0 Å². The minimum Gasteiger partial charge on any atom is -0.372 e. The van der Waals surface area contributed by atoms with Crippen LogP contribution in [0, 0.1) is 0 Å². The first kappa shape index (κ1) is 12.6. The fraction of sp³-hybridized carbons (Fsp3) is 0.667. The van der Waals surface area contributed by atoms with E-state index in [0.29, 0.717) is 12.2 Å². The van der Waals surface area contributed by atoms with Crippen molar-refractivity contribution in [1.82, 2.24) is 4.90 Å². The number of nitrogens with zero attached hydrogens (tertiary/aromatic N) is 1. The van der Waals surface area contributed by atoms with Gasteiger partial charge in [-0.15, -0.1) is 0 Å². The smallest absolute Gasteiger partial charge is 0.0802 e. The van der Waals surface area contributed by atoms with Gasteiger partial charge in [0.2, 0.25) is 0 Å². The fourth-order valence-corrected chi connectivity index (χ4v) is 3.19. The van der Waals surface area contributed by atoms with Crippen LogP contribution in [0.3, 0.4) is 0 Å². The summed E-state index contributed by atoms with van der Waals surface area (Å²) >= 11 is 5.29. The highest BCUT2D eigenvalue weighted by Gasteiger charge is 2.23. The van der Waals surface area contributed by atoms with Crippen molar-refractivity contribution < 1.29 is 4.74 Å². The summed E-state index contributed by atoms with van der Waals surface area (Å²) < 4.78 is 5.82. The van der Waals surface area contributed by atoms with Gasteiger partial charge in [-0.2, -0.15) is 11.3 Å². The maximum atomic E-state index is 5.82. The standard InChI is InChI=1S/C12H18BrNOS/c1-10-7-14(8-12(6-13)15-10)4-2-11-3-5-16-9-11/h3,5,9-10,12H,2,4,6-8H2,1H3. The lowest BCUT2D eigenvalue weighted by Crippen LogP contribution is -2.47. The average Bonchev–Trinajstić information content (AvgIpc) is 2.78. The van der Waals surface area contributed by atoms with Gasteiger partial charge in [0.15, 0.2) is 0 Å². The van der Waals surface area contributed by atoms with E-state index in [0.717, 1.165) is 31.4 Å². The van der Waals surface area contributed by atoms with Gasteiger partial charge in [0, 0.05) is 25.0 Å². The number of rotatable bonds is 4. The molecule has 0 radical (unpaired) electrons. The minimum absolute atomic E-state index is 0.353. The molecule has 0 aliphatic carbocycles. The largest absolute Gasteiger partial charge is 0.372 e. The molecule has 1 aromatic rings. The van der Waals surface area contributed by atoms with Crippen LogP contribution in [0.1, 0.15) is 12.5 Å². The highest BCUT2D eigenvalue weighted by molar-refractivity contribution is 9.09. The molecule has 0 amide bonds. The van der Waals surface area contributed by atoms with E-state index >= 15 is 0 Å². The Balaban J connectivity index is 1.80. The average molecular weight is 304 g/mol. The minimum atomic E-state index is 0.353. The van der Waals surface area contributed by atoms with Crippen molar-refractivity contribution >= 4 is 27.3 Å². The molecule has 1 saturated heterocycles. The van der Waals surface area contributed by atoms with Crippen LogP contribution in [0.4, 0.5) is 0 Å². The Hall–Kier alpha value is 0.1000. The Morgan fingerprint density at radius 1 is 1.56 bits per heavy atom. The summed E-state index contributed by atoms with van der Waals surface area (Å²) in [7, 11) is 0. The first-order chi connectivity index (χ1) is 7.78. The van der Waals surface area contributed by atoms with Crippen LogP contribution < -0.4 is 0 Å². The quantitative estimate of drug-likeness (QED) is 0.793. The van der Waals surface area contributed by atoms with Crippen LogP contribution in [0.15, 0.2) is 16.8 Å². The zero-order valence-corrected chi connectivity index (χ0v) is 12.0. The molecule has 1 aromatic heterocycles. The van der Waals surface area contributed by atoms with Gasteiger partial charge in [-0.1, -0.05) is 15.9 Å². The zero-order chi connectivity index (χ0) is 11.4. The van der Waals surface area contributed by atoms with Crippen LogP contribution in [0.5, 0.6) is 0 Å². The van der Waals surface area contributed by atoms with Gasteiger partial charge in [-0.3, -0.25) is 4.90 Å². The number of alkyl halides is 1. The van der Waals surface area contributed by atoms with Gasteiger partial charge < -0.3 is 4.74 Å². The summed E-state index contributed by atoms with van der Waals surface area (Å²) in [4.78, 5) is 2.51. The molecule has 2 nitrogen and oxygen atoms in total. The monoisotopic (exact) mass is 303 g/mol. The molecule has 2 heterocycles. The second-order valence-corrected chi connectivity index (χ2v) is 5.79. The van der Waals surface area contributed by atoms with Gasteiger partial charge >= 0.3 is 0 Å². The van der Waals surface area contributed by atoms with Gasteiger partial charge in [-0.05, 0) is 35.7 Å². The molecule has 0 aromatic carbocycles. The summed E-state index contributed by atoms with van der Waals surface area (Å²) in [5, 5.41) is 5.33. The van der Waals surface area contributed by atoms with Crippen molar-refractivity contribution in [2.45, 2.75) is 25.6 Å². The van der Waals surface area contributed by atoms with Crippen LogP contribution in [0.25, 0.3) is 0 Å². The third kappa shape index (κ3) is 3.55. The Morgan fingerprint density at radius 3 is 3.12 bits per heavy atom. The SMILES string of the molecule is CC1CN(CCc2ccsc2)CC(CBr)O1. The topological polar surface area (TPSA) is 12.5 Å². The van der Waals surface area contributed by atoms with E-state index in [1.807, 2.05) is 0 Å². The molecule has 16 heavy (non-hydrogen) atoms. The van der Waals surface area contributed by atoms with Crippen molar-refractivity contribution in [2.24, 2.45) is 0 Å². The second kappa shape index (κ2) is 6.15. The summed E-state index contributed by atoms with van der Waals surface area (Å²) in [6.07, 6.45) is 1.87. The van der Waals surface area contributed by atoms with Gasteiger partial charge in [-0.25, -0.2) is 0 Å². The molecular formula is C12H18BrNOS. The number of hydrogen-bond acceptors (Lipinski definition) is 3. The number of ether oxygens (including phenoxy) is 1. The normalized spacial score (nSPS) is 27.1. The summed E-state index contributed by atoms with van der Waals surface area (Å²) in [6.45, 7) is 5.42. The van der Waals surface area contributed by atoms with E-state index in [2.05, 4.69) is 44.6 Å². The predicted octanol–water partition coefficient (Wildman–Crippen LogP) is 2.77. The highest BCUT2D eigenvalue weighted by Crippen LogP contribution is 2.14. The fourth-order valence-electron chi connectivity index (χ4n) is 2.13. The molecule has 2 atom stereocenters. The Morgan fingerprint density at radius 2 is 2.44 bits per heavy atom. The first-order valence-electron chi connectivity index (χ1n) is 5.73. The van der Waals surface area contributed by atoms with Crippen molar-refractivity contribution in [1.29, 1.82) is 0 Å². The summed E-state index contributed by atoms with van der Waals surface area (Å²) in [5.74, 6) is 0. The summed E-state index contributed by atoms with van der Waals surface area (Å²) in [6, 6.07) is 2.22. The molecular weight excluding hydrogens is 286 g/mol. The van der Waals surface area contributed by atoms with Crippen molar-refractivity contribution in [3.63, 3.8) is 0 Å². The highest BCUT2D eigenvalue weighted by atomic mass is 79.9. The molecule has 0 N–H and O–H groups in total. The molecule has 2 unspecified atom stereocenters. The summed E-state index contributed by atoms with van der Waals surface area (Å²) in [5.41, 5.74) is 1.46. The van der Waals surface area contributed by atoms with Gasteiger partial charge in [0.25, 0.3) is 0 Å². The molecule has 0 bridgehead atoms. The molecule has 4 heteroatoms. The molecule has 1 fully saturated rings. The predicted molar refractivity (Wildman–Crippen MR) is 72.6 cm³/mol. The van der Waals surface area contributed by atoms with E-state index in [4.69, 9.17) is 4.74 Å². The van der Waals surface area contributed by atoms with E-state index in [1.165, 1.54) is 5.56 Å². The molecule has 1 aliphatic heterocycles. The third-order valence-electron chi connectivity index (χ3n) is 2.87. The van der Waals surface area contributed by atoms with Crippen LogP contribution in [0.2, 0.25) is 0 Å². The maximum Gasteiger partial charge on any atom is 0.0802 e. The lowest BCUT2D eigenvalue weighted by molar-refractivity contribution is -0.0648. The Bertz CT molecular complexity index is 304. The Labute approximate surface area is 110 Å². The van der Waals surface area contributed by atoms with Crippen LogP contribution in [-0.2, 0) is 11.2 Å². The molecule has 1 aliphatic rings. The second-order valence-electron chi connectivity index (χ2n) is 4.36. The van der Waals surface area contributed by atoms with Crippen LogP contribution in [-0.4, -0.2) is 42.1 Å². The van der Waals surface area contributed by atoms with Gasteiger partial charge in [0.05, 0.1) is 12.2 Å². The van der Waals surface area contributed by atoms with E-state index < -0.39 is 0 Å². The number of halogens is 1. The lowest BCUT2D eigenvalue weighted by atomic mass is 10.2. The van der Waals surface area contributed by atoms with Gasteiger partial charge in [0.1, 0.15) is 0 Å². The van der Waals surface area contributed by atoms with Crippen molar-refractivity contribution in [3.05, 3.63) is 22.4 Å². The van der Waals surface area contributed by atoms with Crippen molar-refractivity contribution in [2.75, 3.05) is 25.0 Å². The number of hydrogen-bond donors (Lipinski definition) is 0. The molecule has 0 saturated carbocycles. The Kier molecular flexibility index (Phi) is 4.82.